The van der Waals surface area contributed by atoms with Crippen molar-refractivity contribution < 1.29 is 4.74 Å². The van der Waals surface area contributed by atoms with Gasteiger partial charge in [-0.15, -0.1) is 0 Å². The van der Waals surface area contributed by atoms with E-state index in [2.05, 4.69) is 4.36 Å². The van der Waals surface area contributed by atoms with Gasteiger partial charge in [0, 0.05) is 12.2 Å². The van der Waals surface area contributed by atoms with Gasteiger partial charge in [0.15, 0.2) is 0 Å². The van der Waals surface area contributed by atoms with Gasteiger partial charge in [-0.1, -0.05) is 18.2 Å². The Kier molecular flexibility index (Phi) is 3.16. The average Bonchev–Trinajstić information content (AvgIpc) is 3.00. The third-order valence-electron chi connectivity index (χ3n) is 1.77. The van der Waals surface area contributed by atoms with E-state index in [-0.39, 0.29) is 0 Å². The number of hydrogen-bond donors (Lipinski definition) is 0. The zero-order valence-electron chi connectivity index (χ0n) is 7.55. The first kappa shape index (κ1) is 9.68. The first-order chi connectivity index (χ1) is 6.84. The molecule has 1 fully saturated rings. The highest BCUT2D eigenvalue weighted by Gasteiger charge is 2.26. The Morgan fingerprint density at radius 2 is 2.07 bits per heavy atom. The third-order valence-corrected chi connectivity index (χ3v) is 2.71. The molecule has 0 bridgehead atoms. The van der Waals surface area contributed by atoms with Gasteiger partial charge in [-0.25, -0.2) is 0 Å². The molecule has 0 spiro atoms. The number of para-hydroxylation sites is 1. The lowest BCUT2D eigenvalue weighted by Crippen LogP contribution is -2.02. The number of ether oxygens (including phenoxy) is 1. The molecular formula is C10H10NOS2+. The highest BCUT2D eigenvalue weighted by molar-refractivity contribution is 8.03. The molecule has 0 unspecified atom stereocenters. The fraction of sp³-hybridized carbons (Fsp3) is 0.300. The van der Waals surface area contributed by atoms with E-state index < -0.39 is 0 Å². The van der Waals surface area contributed by atoms with Crippen LogP contribution in [0.15, 0.2) is 34.7 Å². The van der Waals surface area contributed by atoms with Gasteiger partial charge >= 0.3 is 15.9 Å². The van der Waals surface area contributed by atoms with Crippen molar-refractivity contribution in [1.82, 2.24) is 0 Å². The van der Waals surface area contributed by atoms with E-state index in [1.807, 2.05) is 30.3 Å². The van der Waals surface area contributed by atoms with Crippen LogP contribution in [-0.2, 0) is 11.6 Å². The van der Waals surface area contributed by atoms with Crippen LogP contribution in [0.25, 0.3) is 0 Å². The maximum atomic E-state index is 5.39. The van der Waals surface area contributed by atoms with Gasteiger partial charge in [-0.3, -0.25) is 0 Å². The number of nitrogens with zero attached hydrogens (tertiary/aromatic N) is 1. The third kappa shape index (κ3) is 3.12. The largest absolute Gasteiger partial charge is 0.491 e. The topological polar surface area (TPSA) is 21.6 Å². The quantitative estimate of drug-likeness (QED) is 0.569. The number of rotatable bonds is 2. The molecule has 0 aromatic heterocycles. The second-order valence-corrected chi connectivity index (χ2v) is 4.49. The summed E-state index contributed by atoms with van der Waals surface area (Å²) in [5.41, 5.74) is 0. The Balaban J connectivity index is 1.87. The molecule has 1 aromatic rings. The summed E-state index contributed by atoms with van der Waals surface area (Å²) >= 11 is 6.31. The van der Waals surface area contributed by atoms with Gasteiger partial charge in [0.2, 0.25) is 0 Å². The predicted molar refractivity (Wildman–Crippen MR) is 62.5 cm³/mol. The zero-order valence-corrected chi connectivity index (χ0v) is 9.18. The summed E-state index contributed by atoms with van der Waals surface area (Å²) in [4.78, 5) is 0. The molecule has 0 aliphatic heterocycles. The second-order valence-electron chi connectivity index (χ2n) is 3.09. The molecule has 0 atom stereocenters. The summed E-state index contributed by atoms with van der Waals surface area (Å²) in [5, 5.41) is 0. The van der Waals surface area contributed by atoms with Crippen molar-refractivity contribution in [2.45, 2.75) is 18.9 Å². The van der Waals surface area contributed by atoms with Crippen molar-refractivity contribution in [2.24, 2.45) is 4.36 Å². The number of benzene rings is 1. The molecule has 1 aliphatic carbocycles. The van der Waals surface area contributed by atoms with Crippen LogP contribution in [-0.4, -0.2) is 10.4 Å². The Morgan fingerprint density at radius 3 is 2.71 bits per heavy atom. The summed E-state index contributed by atoms with van der Waals surface area (Å²) in [6, 6.07) is 10.0. The molecule has 0 heterocycles. The van der Waals surface area contributed by atoms with E-state index in [1.165, 1.54) is 24.4 Å². The van der Waals surface area contributed by atoms with Gasteiger partial charge < -0.3 is 4.74 Å². The fourth-order valence-electron chi connectivity index (χ4n) is 0.901. The lowest BCUT2D eigenvalue weighted by atomic mass is 10.3. The second kappa shape index (κ2) is 4.57. The molecule has 2 rings (SSSR count). The van der Waals surface area contributed by atoms with Crippen molar-refractivity contribution >= 4 is 28.2 Å². The van der Waals surface area contributed by atoms with Gasteiger partial charge in [-0.2, -0.15) is 0 Å². The summed E-state index contributed by atoms with van der Waals surface area (Å²) in [6.45, 7) is 0. The Labute approximate surface area is 92.4 Å². The minimum atomic E-state index is 0.475. The standard InChI is InChI=1S/C10H10NOS2/c13-10(14-11-8-6-7-8)12-9-4-2-1-3-5-9/h1-5,8H,6-7H2/q+1. The first-order valence-corrected chi connectivity index (χ1v) is 5.67. The van der Waals surface area contributed by atoms with Crippen molar-refractivity contribution in [3.8, 4) is 5.75 Å². The van der Waals surface area contributed by atoms with Gasteiger partial charge in [0.1, 0.15) is 11.8 Å². The molecular weight excluding hydrogens is 214 g/mol. The Morgan fingerprint density at radius 1 is 1.36 bits per heavy atom. The molecule has 0 saturated heterocycles. The van der Waals surface area contributed by atoms with Crippen molar-refractivity contribution in [3.05, 3.63) is 30.3 Å². The molecule has 0 radical (unpaired) electrons. The lowest BCUT2D eigenvalue weighted by molar-refractivity contribution is 0.579. The molecule has 4 heteroatoms. The molecule has 0 amide bonds. The van der Waals surface area contributed by atoms with Crippen LogP contribution in [0.1, 0.15) is 12.8 Å². The molecule has 14 heavy (non-hydrogen) atoms. The van der Waals surface area contributed by atoms with E-state index in [4.69, 9.17) is 17.0 Å². The maximum Gasteiger partial charge on any atom is 0.491 e. The lowest BCUT2D eigenvalue weighted by Gasteiger charge is -1.93. The van der Waals surface area contributed by atoms with E-state index in [0.717, 1.165) is 5.75 Å². The molecule has 1 saturated carbocycles. The molecule has 72 valence electrons. The molecule has 0 N–H and O–H groups in total. The highest BCUT2D eigenvalue weighted by atomic mass is 32.2. The molecule has 1 aliphatic rings. The Hall–Kier alpha value is -0.870. The van der Waals surface area contributed by atoms with Crippen LogP contribution >= 0.6 is 12.2 Å². The number of thiocarbonyl (C=S) groups is 1. The van der Waals surface area contributed by atoms with Gasteiger partial charge in [-0.05, 0) is 29.3 Å². The highest BCUT2D eigenvalue weighted by Crippen LogP contribution is 2.23. The van der Waals surface area contributed by atoms with E-state index in [1.54, 1.807) is 0 Å². The average molecular weight is 224 g/mol. The minimum Gasteiger partial charge on any atom is -0.400 e. The zero-order chi connectivity index (χ0) is 9.80. The first-order valence-electron chi connectivity index (χ1n) is 4.48. The van der Waals surface area contributed by atoms with Crippen LogP contribution in [0.4, 0.5) is 0 Å². The summed E-state index contributed by atoms with van der Waals surface area (Å²) in [6.07, 6.45) is 2.39. The van der Waals surface area contributed by atoms with Crippen molar-refractivity contribution in [3.63, 3.8) is 0 Å². The van der Waals surface area contributed by atoms with E-state index >= 15 is 0 Å². The summed E-state index contributed by atoms with van der Waals surface area (Å²) in [7, 11) is 0. The van der Waals surface area contributed by atoms with Gasteiger partial charge in [0.05, 0.1) is 0 Å². The van der Waals surface area contributed by atoms with Crippen LogP contribution in [0, 0.1) is 0 Å². The summed E-state index contributed by atoms with van der Waals surface area (Å²) < 4.78 is 10.2. The van der Waals surface area contributed by atoms with Crippen LogP contribution in [0.3, 0.4) is 0 Å². The minimum absolute atomic E-state index is 0.475. The normalized spacial score (nSPS) is 15.7. The predicted octanol–water partition coefficient (Wildman–Crippen LogP) is 2.78. The van der Waals surface area contributed by atoms with Crippen molar-refractivity contribution in [1.29, 1.82) is 0 Å². The summed E-state index contributed by atoms with van der Waals surface area (Å²) in [5.74, 6) is 0.774. The fourth-order valence-corrected chi connectivity index (χ4v) is 1.71. The monoisotopic (exact) mass is 224 g/mol. The maximum absolute atomic E-state index is 5.39. The van der Waals surface area contributed by atoms with E-state index in [0.29, 0.717) is 10.4 Å². The number of hydrogen-bond acceptors (Lipinski definition) is 3. The molecule has 1 aromatic carbocycles. The van der Waals surface area contributed by atoms with Crippen molar-refractivity contribution in [2.75, 3.05) is 0 Å². The smallest absolute Gasteiger partial charge is 0.400 e. The van der Waals surface area contributed by atoms with Crippen LogP contribution < -0.4 is 4.74 Å². The van der Waals surface area contributed by atoms with Gasteiger partial charge in [0.25, 0.3) is 0 Å². The molecule has 2 nitrogen and oxygen atoms in total. The van der Waals surface area contributed by atoms with Crippen LogP contribution in [0.5, 0.6) is 5.75 Å². The Bertz CT molecular complexity index is 346. The van der Waals surface area contributed by atoms with E-state index in [9.17, 15) is 0 Å². The SMILES string of the molecule is S=C(Oc1ccccc1)[S+]=NC1CC1. The van der Waals surface area contributed by atoms with Crippen LogP contribution in [0.2, 0.25) is 0 Å².